The summed E-state index contributed by atoms with van der Waals surface area (Å²) in [6.45, 7) is 1.72. The highest BCUT2D eigenvalue weighted by molar-refractivity contribution is 9.10. The quantitative estimate of drug-likeness (QED) is 0.790. The zero-order valence-electron chi connectivity index (χ0n) is 8.13. The van der Waals surface area contributed by atoms with Crippen molar-refractivity contribution in [3.8, 4) is 6.07 Å². The summed E-state index contributed by atoms with van der Waals surface area (Å²) in [4.78, 5) is 11.7. The lowest BCUT2D eigenvalue weighted by molar-refractivity contribution is 0.0942. The number of rotatable bonds is 3. The Kier molecular flexibility index (Phi) is 3.98. The summed E-state index contributed by atoms with van der Waals surface area (Å²) < 4.78 is 13.9. The van der Waals surface area contributed by atoms with E-state index in [1.54, 1.807) is 13.0 Å². The molecule has 0 aliphatic heterocycles. The minimum absolute atomic E-state index is 0.0217. The molecule has 0 saturated carbocycles. The van der Waals surface area contributed by atoms with Crippen molar-refractivity contribution in [1.82, 2.24) is 0 Å². The van der Waals surface area contributed by atoms with Gasteiger partial charge in [0.15, 0.2) is 5.78 Å². The van der Waals surface area contributed by atoms with Gasteiger partial charge < -0.3 is 0 Å². The van der Waals surface area contributed by atoms with E-state index in [-0.39, 0.29) is 5.56 Å². The molecule has 0 fully saturated rings. The Hall–Kier alpha value is -1.21. The summed E-state index contributed by atoms with van der Waals surface area (Å²) in [6, 6.07) is 6.06. The van der Waals surface area contributed by atoms with Gasteiger partial charge in [-0.25, -0.2) is 4.39 Å². The zero-order chi connectivity index (χ0) is 11.4. The van der Waals surface area contributed by atoms with E-state index in [1.165, 1.54) is 12.1 Å². The summed E-state index contributed by atoms with van der Waals surface area (Å²) in [6.07, 6.45) is 0.394. The molecule has 1 atom stereocenters. The number of Topliss-reactive ketones (excluding diaryl/α,β-unsaturated/α-hetero) is 1. The number of nitriles is 1. The predicted molar refractivity (Wildman–Crippen MR) is 57.8 cm³/mol. The summed E-state index contributed by atoms with van der Waals surface area (Å²) >= 11 is 3.10. The molecule has 0 aromatic heterocycles. The van der Waals surface area contributed by atoms with Crippen LogP contribution in [0.25, 0.3) is 0 Å². The number of halogens is 2. The van der Waals surface area contributed by atoms with Gasteiger partial charge >= 0.3 is 0 Å². The van der Waals surface area contributed by atoms with E-state index in [2.05, 4.69) is 15.9 Å². The van der Waals surface area contributed by atoms with Gasteiger partial charge in [-0.1, -0.05) is 22.9 Å². The van der Waals surface area contributed by atoms with Crippen LogP contribution in [0, 0.1) is 23.1 Å². The maximum atomic E-state index is 13.4. The smallest absolute Gasteiger partial charge is 0.182 e. The van der Waals surface area contributed by atoms with Gasteiger partial charge in [-0.15, -0.1) is 0 Å². The number of carbonyl (C=O) groups is 1. The lowest BCUT2D eigenvalue weighted by Gasteiger charge is -2.06. The second-order valence-electron chi connectivity index (χ2n) is 3.08. The molecule has 0 saturated heterocycles. The van der Waals surface area contributed by atoms with Crippen molar-refractivity contribution in [2.24, 2.45) is 5.92 Å². The van der Waals surface area contributed by atoms with Crippen molar-refractivity contribution in [3.05, 3.63) is 34.1 Å². The number of hydrogen-bond acceptors (Lipinski definition) is 2. The second kappa shape index (κ2) is 5.04. The van der Waals surface area contributed by atoms with Crippen LogP contribution in [0.3, 0.4) is 0 Å². The Labute approximate surface area is 95.8 Å². The Morgan fingerprint density at radius 2 is 2.33 bits per heavy atom. The first kappa shape index (κ1) is 11.9. The summed E-state index contributed by atoms with van der Waals surface area (Å²) in [5.74, 6) is -1.81. The normalized spacial score (nSPS) is 11.9. The fraction of sp³-hybridized carbons (Fsp3) is 0.273. The van der Waals surface area contributed by atoms with E-state index >= 15 is 0 Å². The number of benzene rings is 1. The third-order valence-electron chi connectivity index (χ3n) is 2.08. The molecule has 0 aliphatic rings. The fourth-order valence-electron chi connectivity index (χ4n) is 1.21. The van der Waals surface area contributed by atoms with Gasteiger partial charge in [0.2, 0.25) is 0 Å². The van der Waals surface area contributed by atoms with Crippen molar-refractivity contribution in [1.29, 1.82) is 5.26 Å². The number of carbonyl (C=O) groups excluding carboxylic acids is 1. The highest BCUT2D eigenvalue weighted by Gasteiger charge is 2.20. The zero-order valence-corrected chi connectivity index (χ0v) is 9.71. The van der Waals surface area contributed by atoms with Gasteiger partial charge in [-0.05, 0) is 24.6 Å². The molecular weight excluding hydrogens is 261 g/mol. The maximum Gasteiger partial charge on any atom is 0.182 e. The predicted octanol–water partition coefficient (Wildman–Crippen LogP) is 3.32. The molecule has 1 aromatic rings. The summed E-state index contributed by atoms with van der Waals surface area (Å²) in [7, 11) is 0. The lowest BCUT2D eigenvalue weighted by Crippen LogP contribution is -2.13. The number of ketones is 1. The fourth-order valence-corrected chi connectivity index (χ4v) is 1.55. The van der Waals surface area contributed by atoms with Crippen LogP contribution in [0.1, 0.15) is 23.7 Å². The highest BCUT2D eigenvalue weighted by atomic mass is 79.9. The van der Waals surface area contributed by atoms with Crippen LogP contribution >= 0.6 is 15.9 Å². The molecule has 1 aromatic carbocycles. The van der Waals surface area contributed by atoms with E-state index in [9.17, 15) is 9.18 Å². The third kappa shape index (κ3) is 2.63. The van der Waals surface area contributed by atoms with E-state index in [0.29, 0.717) is 10.9 Å². The summed E-state index contributed by atoms with van der Waals surface area (Å²) in [5.41, 5.74) is -0.0217. The molecular formula is C11H9BrFNO. The number of hydrogen-bond donors (Lipinski definition) is 0. The topological polar surface area (TPSA) is 40.9 Å². The standard InChI is InChI=1S/C11H9BrFNO/c1-2-7(6-14)11(15)9-4-3-8(12)5-10(9)13/h3-5,7H,2H2,1H3. The van der Waals surface area contributed by atoms with Gasteiger partial charge in [0.25, 0.3) is 0 Å². The van der Waals surface area contributed by atoms with Crippen LogP contribution in [0.2, 0.25) is 0 Å². The van der Waals surface area contributed by atoms with E-state index in [0.717, 1.165) is 0 Å². The molecule has 0 aliphatic carbocycles. The molecule has 2 nitrogen and oxygen atoms in total. The first-order valence-corrected chi connectivity index (χ1v) is 5.28. The van der Waals surface area contributed by atoms with Crippen LogP contribution in [0.5, 0.6) is 0 Å². The lowest BCUT2D eigenvalue weighted by atomic mass is 9.96. The largest absolute Gasteiger partial charge is 0.293 e. The molecule has 0 heterocycles. The van der Waals surface area contributed by atoms with Crippen molar-refractivity contribution >= 4 is 21.7 Å². The number of nitrogens with zero attached hydrogens (tertiary/aromatic N) is 1. The molecule has 0 spiro atoms. The minimum atomic E-state index is -0.763. The maximum absolute atomic E-state index is 13.4. The van der Waals surface area contributed by atoms with Gasteiger partial charge in [-0.2, -0.15) is 5.26 Å². The molecule has 0 bridgehead atoms. The summed E-state index contributed by atoms with van der Waals surface area (Å²) in [5, 5.41) is 8.70. The Morgan fingerprint density at radius 3 is 2.80 bits per heavy atom. The monoisotopic (exact) mass is 269 g/mol. The van der Waals surface area contributed by atoms with Crippen LogP contribution < -0.4 is 0 Å². The molecule has 0 amide bonds. The third-order valence-corrected chi connectivity index (χ3v) is 2.57. The highest BCUT2D eigenvalue weighted by Crippen LogP contribution is 2.19. The molecule has 15 heavy (non-hydrogen) atoms. The Bertz CT molecular complexity index is 425. The Balaban J connectivity index is 3.07. The van der Waals surface area contributed by atoms with Gasteiger partial charge in [0, 0.05) is 4.47 Å². The molecule has 78 valence electrons. The van der Waals surface area contributed by atoms with Crippen LogP contribution in [0.4, 0.5) is 4.39 Å². The molecule has 0 N–H and O–H groups in total. The molecule has 0 radical (unpaired) electrons. The molecule has 4 heteroatoms. The van der Waals surface area contributed by atoms with E-state index in [1.807, 2.05) is 6.07 Å². The van der Waals surface area contributed by atoms with Crippen LogP contribution in [-0.4, -0.2) is 5.78 Å². The van der Waals surface area contributed by atoms with E-state index < -0.39 is 17.5 Å². The van der Waals surface area contributed by atoms with Crippen molar-refractivity contribution < 1.29 is 9.18 Å². The minimum Gasteiger partial charge on any atom is -0.293 e. The van der Waals surface area contributed by atoms with Gasteiger partial charge in [-0.3, -0.25) is 4.79 Å². The van der Waals surface area contributed by atoms with Gasteiger partial charge in [0.1, 0.15) is 11.7 Å². The van der Waals surface area contributed by atoms with Crippen molar-refractivity contribution in [2.45, 2.75) is 13.3 Å². The van der Waals surface area contributed by atoms with Crippen molar-refractivity contribution in [2.75, 3.05) is 0 Å². The first-order valence-electron chi connectivity index (χ1n) is 4.49. The van der Waals surface area contributed by atoms with Crippen LogP contribution in [0.15, 0.2) is 22.7 Å². The van der Waals surface area contributed by atoms with Gasteiger partial charge in [0.05, 0.1) is 11.6 Å². The average molecular weight is 270 g/mol. The second-order valence-corrected chi connectivity index (χ2v) is 3.99. The van der Waals surface area contributed by atoms with E-state index in [4.69, 9.17) is 5.26 Å². The average Bonchev–Trinajstić information content (AvgIpc) is 2.19. The van der Waals surface area contributed by atoms with Crippen LogP contribution in [-0.2, 0) is 0 Å². The van der Waals surface area contributed by atoms with Crippen molar-refractivity contribution in [3.63, 3.8) is 0 Å². The Morgan fingerprint density at radius 1 is 1.67 bits per heavy atom. The SMILES string of the molecule is CCC(C#N)C(=O)c1ccc(Br)cc1F. The first-order chi connectivity index (χ1) is 7.10. The molecule has 1 rings (SSSR count). The molecule has 1 unspecified atom stereocenters.